The van der Waals surface area contributed by atoms with Gasteiger partial charge in [-0.15, -0.1) is 0 Å². The molecule has 0 aromatic heterocycles. The van der Waals surface area contributed by atoms with Gasteiger partial charge >= 0.3 is 0 Å². The zero-order valence-corrected chi connectivity index (χ0v) is 31.5. The Kier molecular flexibility index (Phi) is 13.4. The van der Waals surface area contributed by atoms with Gasteiger partial charge in [0.2, 0.25) is 11.8 Å². The molecule has 4 aromatic rings. The second-order valence-corrected chi connectivity index (χ2v) is 14.4. The first-order valence-electron chi connectivity index (χ1n) is 15.9. The van der Waals surface area contributed by atoms with Gasteiger partial charge in [-0.1, -0.05) is 59.6 Å². The lowest BCUT2D eigenvalue weighted by molar-refractivity contribution is -0.140. The molecular weight excluding hydrogens is 717 g/mol. The van der Waals surface area contributed by atoms with E-state index in [1.165, 1.54) is 63.7 Å². The molecule has 0 fully saturated rings. The topological polar surface area (TPSA) is 124 Å². The molecule has 14 heteroatoms. The molecule has 0 aliphatic heterocycles. The minimum atomic E-state index is -4.53. The highest BCUT2D eigenvalue weighted by atomic mass is 35.5. The molecule has 272 valence electrons. The number of anilines is 1. The van der Waals surface area contributed by atoms with Gasteiger partial charge in [0.05, 0.1) is 49.1 Å². The quantitative estimate of drug-likeness (QED) is 0.140. The van der Waals surface area contributed by atoms with Gasteiger partial charge in [-0.3, -0.25) is 13.9 Å². The molecule has 11 nitrogen and oxygen atoms in total. The Morgan fingerprint density at radius 3 is 2.02 bits per heavy atom. The number of halogens is 2. The third-order valence-corrected chi connectivity index (χ3v) is 10.4. The van der Waals surface area contributed by atoms with Crippen LogP contribution in [0, 0.1) is 0 Å². The van der Waals surface area contributed by atoms with E-state index >= 15 is 0 Å². The first kappa shape index (κ1) is 39.1. The van der Waals surface area contributed by atoms with Gasteiger partial charge in [-0.2, -0.15) is 0 Å². The molecule has 0 radical (unpaired) electrons. The molecule has 4 aromatic carbocycles. The van der Waals surface area contributed by atoms with Crippen LogP contribution in [0.4, 0.5) is 5.69 Å². The van der Waals surface area contributed by atoms with Crippen molar-refractivity contribution >= 4 is 50.7 Å². The fourth-order valence-corrected chi connectivity index (χ4v) is 7.13. The maximum absolute atomic E-state index is 14.8. The van der Waals surface area contributed by atoms with Crippen LogP contribution in [0.1, 0.15) is 25.0 Å². The van der Waals surface area contributed by atoms with Gasteiger partial charge in [0.15, 0.2) is 11.5 Å². The van der Waals surface area contributed by atoms with E-state index in [4.69, 9.17) is 42.1 Å². The molecule has 0 spiro atoms. The Hall–Kier alpha value is -4.65. The van der Waals surface area contributed by atoms with E-state index < -0.39 is 34.4 Å². The van der Waals surface area contributed by atoms with Gasteiger partial charge in [0.25, 0.3) is 10.0 Å². The third kappa shape index (κ3) is 9.57. The van der Waals surface area contributed by atoms with Crippen molar-refractivity contribution in [3.63, 3.8) is 0 Å². The number of sulfonamides is 1. The predicted octanol–water partition coefficient (Wildman–Crippen LogP) is 6.39. The molecule has 4 rings (SSSR count). The summed E-state index contributed by atoms with van der Waals surface area (Å²) < 4.78 is 52.0. The lowest BCUT2D eigenvalue weighted by atomic mass is 10.0. The molecule has 0 saturated carbocycles. The van der Waals surface area contributed by atoms with Crippen molar-refractivity contribution in [2.45, 2.75) is 43.8 Å². The highest BCUT2D eigenvalue weighted by molar-refractivity contribution is 7.92. The summed E-state index contributed by atoms with van der Waals surface area (Å²) >= 11 is 12.6. The fraction of sp³-hybridized carbons (Fsp3) is 0.297. The van der Waals surface area contributed by atoms with Crippen molar-refractivity contribution in [3.05, 3.63) is 106 Å². The van der Waals surface area contributed by atoms with E-state index in [0.29, 0.717) is 22.1 Å². The zero-order chi connectivity index (χ0) is 37.3. The number of rotatable bonds is 16. The van der Waals surface area contributed by atoms with Gasteiger partial charge in [0, 0.05) is 31.1 Å². The van der Waals surface area contributed by atoms with Crippen molar-refractivity contribution in [1.29, 1.82) is 0 Å². The highest BCUT2D eigenvalue weighted by Gasteiger charge is 2.36. The number of carbonyl (C=O) groups excluding carboxylic acids is 2. The number of amides is 2. The lowest BCUT2D eigenvalue weighted by Crippen LogP contribution is -2.54. The minimum Gasteiger partial charge on any atom is -0.497 e. The third-order valence-electron chi connectivity index (χ3n) is 7.92. The van der Waals surface area contributed by atoms with Crippen LogP contribution in [0.2, 0.25) is 10.0 Å². The molecule has 0 aliphatic rings. The van der Waals surface area contributed by atoms with Crippen LogP contribution < -0.4 is 28.6 Å². The van der Waals surface area contributed by atoms with Crippen molar-refractivity contribution in [3.8, 4) is 23.0 Å². The Morgan fingerprint density at radius 1 is 0.745 bits per heavy atom. The van der Waals surface area contributed by atoms with Crippen molar-refractivity contribution < 1.29 is 37.0 Å². The van der Waals surface area contributed by atoms with E-state index in [-0.39, 0.29) is 46.1 Å². The first-order chi connectivity index (χ1) is 24.3. The molecule has 1 atom stereocenters. The lowest BCUT2D eigenvalue weighted by Gasteiger charge is -2.34. The molecule has 0 bridgehead atoms. The van der Waals surface area contributed by atoms with Gasteiger partial charge in [-0.25, -0.2) is 8.42 Å². The van der Waals surface area contributed by atoms with Crippen molar-refractivity contribution in [1.82, 2.24) is 10.2 Å². The number of hydrogen-bond acceptors (Lipinski definition) is 8. The van der Waals surface area contributed by atoms with Crippen LogP contribution in [0.5, 0.6) is 23.0 Å². The summed E-state index contributed by atoms with van der Waals surface area (Å²) in [6.45, 7) is 2.80. The van der Waals surface area contributed by atoms with Crippen LogP contribution >= 0.6 is 23.2 Å². The molecule has 1 N–H and O–H groups in total. The molecule has 0 saturated heterocycles. The Labute approximate surface area is 309 Å². The van der Waals surface area contributed by atoms with Crippen molar-refractivity contribution in [2.24, 2.45) is 0 Å². The molecule has 0 heterocycles. The molecular formula is C37H41Cl2N3O8S. The van der Waals surface area contributed by atoms with Gasteiger partial charge in [0.1, 0.15) is 24.1 Å². The van der Waals surface area contributed by atoms with E-state index in [1.807, 2.05) is 44.2 Å². The monoisotopic (exact) mass is 757 g/mol. The van der Waals surface area contributed by atoms with Gasteiger partial charge in [-0.05, 0) is 61.4 Å². The molecule has 2 amide bonds. The van der Waals surface area contributed by atoms with Gasteiger partial charge < -0.3 is 29.2 Å². The summed E-state index contributed by atoms with van der Waals surface area (Å²) in [5.41, 5.74) is 1.39. The summed E-state index contributed by atoms with van der Waals surface area (Å²) in [6, 6.07) is 21.5. The number of nitrogens with one attached hydrogen (secondary N) is 1. The number of ether oxygens (including phenoxy) is 4. The number of hydrogen-bond donors (Lipinski definition) is 1. The Morgan fingerprint density at radius 2 is 1.41 bits per heavy atom. The van der Waals surface area contributed by atoms with E-state index in [0.717, 1.165) is 9.87 Å². The van der Waals surface area contributed by atoms with Crippen LogP contribution in [-0.2, 0) is 32.6 Å². The average molecular weight is 759 g/mol. The Bertz CT molecular complexity index is 1940. The molecule has 0 unspecified atom stereocenters. The zero-order valence-electron chi connectivity index (χ0n) is 29.2. The fourth-order valence-electron chi connectivity index (χ4n) is 5.38. The second kappa shape index (κ2) is 17.5. The van der Waals surface area contributed by atoms with Crippen LogP contribution in [-0.4, -0.2) is 72.2 Å². The summed E-state index contributed by atoms with van der Waals surface area (Å²) in [4.78, 5) is 30.0. The van der Waals surface area contributed by atoms with Crippen molar-refractivity contribution in [2.75, 3.05) is 39.3 Å². The number of benzene rings is 4. The normalized spacial score (nSPS) is 11.8. The Balaban J connectivity index is 1.91. The van der Waals surface area contributed by atoms with Crippen LogP contribution in [0.25, 0.3) is 0 Å². The maximum Gasteiger partial charge on any atom is 0.265 e. The molecule has 51 heavy (non-hydrogen) atoms. The van der Waals surface area contributed by atoms with Crippen LogP contribution in [0.15, 0.2) is 89.8 Å². The molecule has 0 aliphatic carbocycles. The van der Waals surface area contributed by atoms with E-state index in [9.17, 15) is 18.0 Å². The summed E-state index contributed by atoms with van der Waals surface area (Å²) in [6.07, 6.45) is 0.136. The minimum absolute atomic E-state index is 0.0284. The largest absolute Gasteiger partial charge is 0.497 e. The van der Waals surface area contributed by atoms with Crippen LogP contribution in [0.3, 0.4) is 0 Å². The summed E-state index contributed by atoms with van der Waals surface area (Å²) in [7, 11) is 1.11. The maximum atomic E-state index is 14.8. The number of methoxy groups -OCH3 is 4. The van der Waals surface area contributed by atoms with E-state index in [2.05, 4.69) is 5.32 Å². The summed E-state index contributed by atoms with van der Waals surface area (Å²) in [5.74, 6) is -0.160. The summed E-state index contributed by atoms with van der Waals surface area (Å²) in [5, 5.41) is 3.50. The average Bonchev–Trinajstić information content (AvgIpc) is 3.12. The predicted molar refractivity (Wildman–Crippen MR) is 198 cm³/mol. The highest BCUT2D eigenvalue weighted by Crippen LogP contribution is 2.38. The standard InChI is InChI=1S/C37H41Cl2N3O8S/c1-24(2)40-37(44)32(19-25-10-8-7-9-11-25)41(22-26-12-15-29(38)30(39)18-26)36(43)23-42(31-20-27(47-3)13-16-33(31)48-4)51(45,46)28-14-17-34(49-5)35(21-28)50-6/h7-18,20-21,24,32H,19,22-23H2,1-6H3,(H,40,44)/t32-/m1/s1. The first-order valence-corrected chi connectivity index (χ1v) is 18.1. The second-order valence-electron chi connectivity index (χ2n) is 11.7. The number of carbonyl (C=O) groups is 2. The SMILES string of the molecule is COc1ccc(OC)c(N(CC(=O)N(Cc2ccc(Cl)c(Cl)c2)[C@H](Cc2ccccc2)C(=O)NC(C)C)S(=O)(=O)c2ccc(OC)c(OC)c2)c1. The smallest absolute Gasteiger partial charge is 0.265 e. The number of nitrogens with zero attached hydrogens (tertiary/aromatic N) is 2. The van der Waals surface area contributed by atoms with E-state index in [1.54, 1.807) is 24.3 Å².